The Morgan fingerprint density at radius 3 is 2.52 bits per heavy atom. The van der Waals surface area contributed by atoms with Gasteiger partial charge >= 0.3 is 0 Å². The Hall–Kier alpha value is -1.26. The van der Waals surface area contributed by atoms with Gasteiger partial charge in [-0.15, -0.1) is 0 Å². The van der Waals surface area contributed by atoms with Crippen LogP contribution in [-0.2, 0) is 4.74 Å². The lowest BCUT2D eigenvalue weighted by Crippen LogP contribution is -2.43. The molecule has 4 nitrogen and oxygen atoms in total. The number of nitrogens with two attached hydrogens (primary N) is 1. The molecule has 0 bridgehead atoms. The summed E-state index contributed by atoms with van der Waals surface area (Å²) in [5.41, 5.74) is 7.21. The maximum Gasteiger partial charge on any atom is 0.161 e. The van der Waals surface area contributed by atoms with Crippen LogP contribution in [0.5, 0.6) is 11.5 Å². The van der Waals surface area contributed by atoms with Gasteiger partial charge in [0.15, 0.2) is 11.5 Å². The SMILES string of the molecule is CCOc1ccc(C(N)C2(C)CCCCO2)cc1OCC. The lowest BCUT2D eigenvalue weighted by atomic mass is 9.84. The number of ether oxygens (including phenoxy) is 3. The van der Waals surface area contributed by atoms with Gasteiger partial charge in [-0.3, -0.25) is 0 Å². The van der Waals surface area contributed by atoms with Gasteiger partial charge in [-0.25, -0.2) is 0 Å². The molecule has 0 saturated carbocycles. The Balaban J connectivity index is 2.24. The standard InChI is InChI=1S/C17H27NO3/c1-4-19-14-9-8-13(12-15(14)20-5-2)16(18)17(3)10-6-7-11-21-17/h8-9,12,16H,4-7,10-11,18H2,1-3H3. The van der Waals surface area contributed by atoms with Crippen molar-refractivity contribution < 1.29 is 14.2 Å². The van der Waals surface area contributed by atoms with Crippen molar-refractivity contribution in [1.29, 1.82) is 0 Å². The molecule has 2 rings (SSSR count). The normalized spacial score (nSPS) is 23.6. The molecule has 0 aliphatic carbocycles. The van der Waals surface area contributed by atoms with Gasteiger partial charge in [0.2, 0.25) is 0 Å². The summed E-state index contributed by atoms with van der Waals surface area (Å²) in [7, 11) is 0. The number of benzene rings is 1. The number of hydrogen-bond acceptors (Lipinski definition) is 4. The van der Waals surface area contributed by atoms with E-state index in [9.17, 15) is 0 Å². The highest BCUT2D eigenvalue weighted by molar-refractivity contribution is 5.44. The van der Waals surface area contributed by atoms with Crippen LogP contribution in [0.2, 0.25) is 0 Å². The van der Waals surface area contributed by atoms with Gasteiger partial charge in [0, 0.05) is 6.61 Å². The van der Waals surface area contributed by atoms with Crippen LogP contribution in [0.25, 0.3) is 0 Å². The van der Waals surface area contributed by atoms with Crippen LogP contribution in [0.1, 0.15) is 51.6 Å². The smallest absolute Gasteiger partial charge is 0.161 e. The molecule has 118 valence electrons. The molecule has 1 saturated heterocycles. The highest BCUT2D eigenvalue weighted by Crippen LogP contribution is 2.38. The van der Waals surface area contributed by atoms with E-state index in [1.54, 1.807) is 0 Å². The average molecular weight is 293 g/mol. The van der Waals surface area contributed by atoms with Crippen LogP contribution < -0.4 is 15.2 Å². The fraction of sp³-hybridized carbons (Fsp3) is 0.647. The van der Waals surface area contributed by atoms with Crippen molar-refractivity contribution in [3.05, 3.63) is 23.8 Å². The second kappa shape index (κ2) is 7.14. The van der Waals surface area contributed by atoms with Gasteiger partial charge in [-0.05, 0) is 57.7 Å². The Labute approximate surface area is 127 Å². The van der Waals surface area contributed by atoms with E-state index in [1.807, 2.05) is 32.0 Å². The first-order valence-electron chi connectivity index (χ1n) is 7.89. The largest absolute Gasteiger partial charge is 0.490 e. The third-order valence-electron chi connectivity index (χ3n) is 4.08. The Kier molecular flexibility index (Phi) is 5.48. The van der Waals surface area contributed by atoms with Crippen LogP contribution in [0.4, 0.5) is 0 Å². The van der Waals surface area contributed by atoms with Gasteiger partial charge in [-0.1, -0.05) is 6.07 Å². The highest BCUT2D eigenvalue weighted by Gasteiger charge is 2.35. The molecule has 0 amide bonds. The highest BCUT2D eigenvalue weighted by atomic mass is 16.5. The summed E-state index contributed by atoms with van der Waals surface area (Å²) in [4.78, 5) is 0. The minimum Gasteiger partial charge on any atom is -0.490 e. The van der Waals surface area contributed by atoms with Gasteiger partial charge in [0.25, 0.3) is 0 Å². The molecule has 1 aliphatic rings. The van der Waals surface area contributed by atoms with Crippen molar-refractivity contribution >= 4 is 0 Å². The minimum absolute atomic E-state index is 0.160. The van der Waals surface area contributed by atoms with Crippen LogP contribution in [0.15, 0.2) is 18.2 Å². The lowest BCUT2D eigenvalue weighted by molar-refractivity contribution is -0.0821. The van der Waals surface area contributed by atoms with E-state index in [4.69, 9.17) is 19.9 Å². The summed E-state index contributed by atoms with van der Waals surface area (Å²) >= 11 is 0. The molecule has 4 heteroatoms. The van der Waals surface area contributed by atoms with E-state index in [0.717, 1.165) is 36.5 Å². The quantitative estimate of drug-likeness (QED) is 0.873. The van der Waals surface area contributed by atoms with Crippen molar-refractivity contribution in [3.8, 4) is 11.5 Å². The first-order valence-corrected chi connectivity index (χ1v) is 7.89. The Morgan fingerprint density at radius 2 is 1.90 bits per heavy atom. The van der Waals surface area contributed by atoms with Gasteiger partial charge in [0.05, 0.1) is 24.9 Å². The van der Waals surface area contributed by atoms with E-state index >= 15 is 0 Å². The minimum atomic E-state index is -0.297. The molecule has 1 aromatic carbocycles. The molecule has 0 spiro atoms. The molecule has 2 atom stereocenters. The summed E-state index contributed by atoms with van der Waals surface area (Å²) in [5, 5.41) is 0. The molecule has 0 radical (unpaired) electrons. The second-order valence-electron chi connectivity index (χ2n) is 5.67. The number of hydrogen-bond donors (Lipinski definition) is 1. The van der Waals surface area contributed by atoms with Gasteiger partial charge in [-0.2, -0.15) is 0 Å². The van der Waals surface area contributed by atoms with E-state index in [0.29, 0.717) is 13.2 Å². The summed E-state index contributed by atoms with van der Waals surface area (Å²) < 4.78 is 17.2. The van der Waals surface area contributed by atoms with E-state index < -0.39 is 0 Å². The van der Waals surface area contributed by atoms with E-state index in [2.05, 4.69) is 6.92 Å². The molecule has 1 aromatic rings. The third-order valence-corrected chi connectivity index (χ3v) is 4.08. The Morgan fingerprint density at radius 1 is 1.19 bits per heavy atom. The van der Waals surface area contributed by atoms with Crippen molar-refractivity contribution in [2.75, 3.05) is 19.8 Å². The van der Waals surface area contributed by atoms with Crippen molar-refractivity contribution in [3.63, 3.8) is 0 Å². The van der Waals surface area contributed by atoms with Crippen molar-refractivity contribution in [2.24, 2.45) is 5.73 Å². The zero-order chi connectivity index (χ0) is 15.3. The predicted octanol–water partition coefficient (Wildman–Crippen LogP) is 3.44. The van der Waals surface area contributed by atoms with Crippen LogP contribution in [0.3, 0.4) is 0 Å². The molecule has 2 N–H and O–H groups in total. The summed E-state index contributed by atoms with van der Waals surface area (Å²) in [6.07, 6.45) is 3.28. The van der Waals surface area contributed by atoms with Gasteiger partial charge < -0.3 is 19.9 Å². The molecule has 2 unspecified atom stereocenters. The molecule has 21 heavy (non-hydrogen) atoms. The summed E-state index contributed by atoms with van der Waals surface area (Å²) in [6, 6.07) is 5.78. The second-order valence-corrected chi connectivity index (χ2v) is 5.67. The predicted molar refractivity (Wildman–Crippen MR) is 83.9 cm³/mol. The van der Waals surface area contributed by atoms with E-state index in [-0.39, 0.29) is 11.6 Å². The first kappa shape index (κ1) is 16.1. The van der Waals surface area contributed by atoms with E-state index in [1.165, 1.54) is 6.42 Å². The lowest BCUT2D eigenvalue weighted by Gasteiger charge is -2.39. The molecule has 0 aromatic heterocycles. The molecular formula is C17H27NO3. The molecule has 1 fully saturated rings. The zero-order valence-corrected chi connectivity index (χ0v) is 13.4. The van der Waals surface area contributed by atoms with Crippen LogP contribution in [0, 0.1) is 0 Å². The Bertz CT molecular complexity index is 455. The van der Waals surface area contributed by atoms with Crippen LogP contribution in [-0.4, -0.2) is 25.4 Å². The fourth-order valence-electron chi connectivity index (χ4n) is 2.81. The zero-order valence-electron chi connectivity index (χ0n) is 13.4. The van der Waals surface area contributed by atoms with Gasteiger partial charge in [0.1, 0.15) is 0 Å². The average Bonchev–Trinajstić information content (AvgIpc) is 2.49. The topological polar surface area (TPSA) is 53.7 Å². The van der Waals surface area contributed by atoms with Crippen molar-refractivity contribution in [2.45, 2.75) is 51.7 Å². The molecule has 1 heterocycles. The summed E-state index contributed by atoms with van der Waals surface area (Å²) in [5.74, 6) is 1.52. The first-order chi connectivity index (χ1) is 10.1. The van der Waals surface area contributed by atoms with Crippen molar-refractivity contribution in [1.82, 2.24) is 0 Å². The van der Waals surface area contributed by atoms with Crippen LogP contribution >= 0.6 is 0 Å². The third kappa shape index (κ3) is 3.69. The fourth-order valence-corrected chi connectivity index (χ4v) is 2.81. The summed E-state index contributed by atoms with van der Waals surface area (Å²) in [6.45, 7) is 8.05. The number of rotatable bonds is 6. The maximum absolute atomic E-state index is 6.47. The molecule has 1 aliphatic heterocycles. The maximum atomic E-state index is 6.47. The monoisotopic (exact) mass is 293 g/mol. The molecular weight excluding hydrogens is 266 g/mol.